The van der Waals surface area contributed by atoms with Crippen molar-refractivity contribution in [2.45, 2.75) is 50.9 Å². The van der Waals surface area contributed by atoms with Crippen molar-refractivity contribution in [1.29, 1.82) is 0 Å². The van der Waals surface area contributed by atoms with Crippen molar-refractivity contribution >= 4 is 34.2 Å². The minimum absolute atomic E-state index is 0.539. The van der Waals surface area contributed by atoms with Crippen LogP contribution in [0.15, 0.2) is 0 Å². The first-order valence-corrected chi connectivity index (χ1v) is 7.83. The molecule has 1 heterocycles. The second kappa shape index (κ2) is 4.65. The zero-order chi connectivity index (χ0) is 12.0. The fraction of sp³-hybridized carbons (Fsp3) is 0.692. The molecule has 0 aliphatic heterocycles. The molecule has 3 rings (SSSR count). The molecule has 17 heavy (non-hydrogen) atoms. The molecule has 2 fully saturated rings. The van der Waals surface area contributed by atoms with Crippen molar-refractivity contribution in [3.05, 3.63) is 20.2 Å². The van der Waals surface area contributed by atoms with Gasteiger partial charge < -0.3 is 0 Å². The van der Waals surface area contributed by atoms with Crippen LogP contribution in [0.1, 0.15) is 62.4 Å². The second-order valence-corrected chi connectivity index (χ2v) is 6.90. The lowest BCUT2D eigenvalue weighted by atomic mass is 10.1. The zero-order valence-electron chi connectivity index (χ0n) is 9.92. The van der Waals surface area contributed by atoms with Crippen molar-refractivity contribution in [3.8, 4) is 0 Å². The Hall–Kier alpha value is 0.1000. The molecule has 0 saturated heterocycles. The van der Waals surface area contributed by atoms with Crippen LogP contribution in [0.2, 0.25) is 5.15 Å². The summed E-state index contributed by atoms with van der Waals surface area (Å²) in [6.07, 6.45) is 6.29. The third kappa shape index (κ3) is 2.46. The summed E-state index contributed by atoms with van der Waals surface area (Å²) in [5.41, 5.74) is 1.21. The summed E-state index contributed by atoms with van der Waals surface area (Å²) in [6.45, 7) is 2.32. The van der Waals surface area contributed by atoms with Crippen LogP contribution in [0.4, 0.5) is 0 Å². The first-order chi connectivity index (χ1) is 8.15. The number of nitrogens with zero attached hydrogens (tertiary/aromatic N) is 2. The number of halogens is 2. The summed E-state index contributed by atoms with van der Waals surface area (Å²) in [4.78, 5) is 9.32. The second-order valence-electron chi connectivity index (χ2n) is 5.46. The van der Waals surface area contributed by atoms with Crippen LogP contribution >= 0.6 is 34.2 Å². The largest absolute Gasteiger partial charge is 0.236 e. The molecule has 2 aliphatic rings. The van der Waals surface area contributed by atoms with Crippen LogP contribution in [0.25, 0.3) is 0 Å². The number of rotatable bonds is 2. The van der Waals surface area contributed by atoms with Crippen LogP contribution < -0.4 is 0 Å². The van der Waals surface area contributed by atoms with E-state index in [1.54, 1.807) is 0 Å². The lowest BCUT2D eigenvalue weighted by molar-refractivity contribution is 0.583. The Morgan fingerprint density at radius 2 is 1.82 bits per heavy atom. The Balaban J connectivity index is 1.94. The van der Waals surface area contributed by atoms with Crippen molar-refractivity contribution in [2.24, 2.45) is 5.92 Å². The lowest BCUT2D eigenvalue weighted by Crippen LogP contribution is -2.06. The van der Waals surface area contributed by atoms with E-state index in [4.69, 9.17) is 16.6 Å². The van der Waals surface area contributed by atoms with E-state index in [9.17, 15) is 0 Å². The van der Waals surface area contributed by atoms with Gasteiger partial charge in [-0.25, -0.2) is 9.97 Å². The first kappa shape index (κ1) is 12.2. The van der Waals surface area contributed by atoms with E-state index in [1.165, 1.54) is 37.8 Å². The van der Waals surface area contributed by atoms with Crippen molar-refractivity contribution < 1.29 is 0 Å². The lowest BCUT2D eigenvalue weighted by Gasteiger charge is -2.12. The van der Waals surface area contributed by atoms with Gasteiger partial charge in [-0.2, -0.15) is 0 Å². The molecular weight excluding hydrogens is 347 g/mol. The molecule has 0 amide bonds. The van der Waals surface area contributed by atoms with Gasteiger partial charge in [0.1, 0.15) is 11.0 Å². The highest BCUT2D eigenvalue weighted by Crippen LogP contribution is 2.44. The van der Waals surface area contributed by atoms with Crippen LogP contribution in [0.5, 0.6) is 0 Å². The highest BCUT2D eigenvalue weighted by Gasteiger charge is 2.31. The summed E-state index contributed by atoms with van der Waals surface area (Å²) >= 11 is 8.53. The average molecular weight is 363 g/mol. The summed E-state index contributed by atoms with van der Waals surface area (Å²) < 4.78 is 1.07. The zero-order valence-corrected chi connectivity index (χ0v) is 12.8. The first-order valence-electron chi connectivity index (χ1n) is 6.38. The van der Waals surface area contributed by atoms with E-state index in [1.807, 2.05) is 0 Å². The molecule has 2 aliphatic carbocycles. The van der Waals surface area contributed by atoms with Crippen molar-refractivity contribution in [2.75, 3.05) is 0 Å². The van der Waals surface area contributed by atoms with Crippen molar-refractivity contribution in [1.82, 2.24) is 9.97 Å². The Morgan fingerprint density at radius 1 is 1.12 bits per heavy atom. The van der Waals surface area contributed by atoms with Gasteiger partial charge in [-0.1, -0.05) is 18.5 Å². The normalized spacial score (nSPS) is 28.6. The van der Waals surface area contributed by atoms with Gasteiger partial charge in [-0.15, -0.1) is 0 Å². The van der Waals surface area contributed by atoms with E-state index in [2.05, 4.69) is 34.5 Å². The molecule has 0 N–H and O–H groups in total. The molecular formula is C13H16ClIN2. The van der Waals surface area contributed by atoms with Gasteiger partial charge in [-0.3, -0.25) is 0 Å². The van der Waals surface area contributed by atoms with Crippen LogP contribution in [0.3, 0.4) is 0 Å². The van der Waals surface area contributed by atoms with Gasteiger partial charge in [0, 0.05) is 11.8 Å². The van der Waals surface area contributed by atoms with Gasteiger partial charge in [0.05, 0.1) is 9.26 Å². The fourth-order valence-electron chi connectivity index (χ4n) is 2.70. The maximum Gasteiger partial charge on any atom is 0.146 e. The molecule has 1 aromatic heterocycles. The average Bonchev–Trinajstić information content (AvgIpc) is 3.05. The van der Waals surface area contributed by atoms with E-state index < -0.39 is 0 Å². The van der Waals surface area contributed by atoms with Crippen molar-refractivity contribution in [3.63, 3.8) is 0 Å². The molecule has 1 aromatic rings. The number of hydrogen-bond donors (Lipinski definition) is 0. The van der Waals surface area contributed by atoms with Gasteiger partial charge in [-0.05, 0) is 60.6 Å². The quantitative estimate of drug-likeness (QED) is 0.571. The van der Waals surface area contributed by atoms with Gasteiger partial charge in [0.15, 0.2) is 0 Å². The Labute approximate surface area is 121 Å². The maximum atomic E-state index is 6.25. The van der Waals surface area contributed by atoms with Gasteiger partial charge in [0.2, 0.25) is 0 Å². The van der Waals surface area contributed by atoms with E-state index in [-0.39, 0.29) is 0 Å². The van der Waals surface area contributed by atoms with E-state index in [0.717, 1.165) is 15.3 Å². The van der Waals surface area contributed by atoms with Gasteiger partial charge in [0.25, 0.3) is 0 Å². The predicted molar refractivity (Wildman–Crippen MR) is 77.5 cm³/mol. The maximum absolute atomic E-state index is 6.25. The minimum Gasteiger partial charge on any atom is -0.236 e. The highest BCUT2D eigenvalue weighted by atomic mass is 127. The molecule has 4 heteroatoms. The smallest absolute Gasteiger partial charge is 0.146 e. The summed E-state index contributed by atoms with van der Waals surface area (Å²) in [7, 11) is 0. The molecule has 2 nitrogen and oxygen atoms in total. The number of hydrogen-bond acceptors (Lipinski definition) is 2. The van der Waals surface area contributed by atoms with E-state index >= 15 is 0 Å². The van der Waals surface area contributed by atoms with Gasteiger partial charge >= 0.3 is 0 Å². The van der Waals surface area contributed by atoms with Crippen LogP contribution in [0, 0.1) is 9.49 Å². The highest BCUT2D eigenvalue weighted by molar-refractivity contribution is 14.1. The topological polar surface area (TPSA) is 25.8 Å². The summed E-state index contributed by atoms with van der Waals surface area (Å²) in [5.74, 6) is 3.00. The Kier molecular flexibility index (Phi) is 3.32. The summed E-state index contributed by atoms with van der Waals surface area (Å²) in [5, 5.41) is 0.664. The molecule has 0 aromatic carbocycles. The molecule has 0 radical (unpaired) electrons. The third-order valence-electron chi connectivity index (χ3n) is 3.88. The fourth-order valence-corrected chi connectivity index (χ4v) is 3.57. The van der Waals surface area contributed by atoms with Crippen LogP contribution in [-0.2, 0) is 0 Å². The van der Waals surface area contributed by atoms with E-state index in [0.29, 0.717) is 17.0 Å². The number of aromatic nitrogens is 2. The SMILES string of the molecule is CC1CCC(c2nc(Cl)c(I)c(C3CC3)n2)C1. The third-order valence-corrected chi connectivity index (χ3v) is 5.53. The van der Waals surface area contributed by atoms with Crippen LogP contribution in [-0.4, -0.2) is 9.97 Å². The Morgan fingerprint density at radius 3 is 2.41 bits per heavy atom. The molecule has 92 valence electrons. The molecule has 2 atom stereocenters. The monoisotopic (exact) mass is 362 g/mol. The minimum atomic E-state index is 0.539. The Bertz CT molecular complexity index is 445. The molecule has 0 bridgehead atoms. The molecule has 0 spiro atoms. The summed E-state index contributed by atoms with van der Waals surface area (Å²) in [6, 6.07) is 0. The standard InChI is InChI=1S/C13H16ClIN2/c1-7-2-3-9(6-7)13-16-11(8-4-5-8)10(15)12(14)17-13/h7-9H,2-6H2,1H3. The molecule has 2 unspecified atom stereocenters. The predicted octanol–water partition coefficient (Wildman–Crippen LogP) is 4.52. The molecule has 2 saturated carbocycles.